The molecule has 0 spiro atoms. The van der Waals surface area contributed by atoms with Gasteiger partial charge in [-0.05, 0) is 36.8 Å². The summed E-state index contributed by atoms with van der Waals surface area (Å²) in [5.74, 6) is -0.763. The molecule has 2 aliphatic heterocycles. The number of rotatable bonds is 6. The van der Waals surface area contributed by atoms with E-state index in [9.17, 15) is 14.4 Å². The average Bonchev–Trinajstić information content (AvgIpc) is 2.83. The van der Waals surface area contributed by atoms with Gasteiger partial charge >= 0.3 is 0 Å². The molecular formula is C25H30ClN5O3. The topological polar surface area (TPSA) is 85.0 Å². The van der Waals surface area contributed by atoms with Crippen molar-refractivity contribution in [1.82, 2.24) is 15.1 Å². The van der Waals surface area contributed by atoms with Gasteiger partial charge < -0.3 is 20.4 Å². The van der Waals surface area contributed by atoms with Crippen LogP contribution in [-0.2, 0) is 14.4 Å². The van der Waals surface area contributed by atoms with Crippen molar-refractivity contribution in [2.24, 2.45) is 0 Å². The van der Waals surface area contributed by atoms with Crippen molar-refractivity contribution < 1.29 is 14.4 Å². The molecule has 1 unspecified atom stereocenters. The molecule has 0 aromatic heterocycles. The lowest BCUT2D eigenvalue weighted by Gasteiger charge is -2.39. The third-order valence-corrected chi connectivity index (χ3v) is 6.75. The minimum absolute atomic E-state index is 0.106. The normalized spacial score (nSPS) is 19.0. The smallest absolute Gasteiger partial charge is 0.243 e. The molecule has 0 aliphatic carbocycles. The molecule has 2 aromatic carbocycles. The summed E-state index contributed by atoms with van der Waals surface area (Å²) < 4.78 is 0. The maximum absolute atomic E-state index is 13.1. The largest absolute Gasteiger partial charge is 0.369 e. The van der Waals surface area contributed by atoms with Crippen molar-refractivity contribution in [2.75, 3.05) is 56.0 Å². The highest BCUT2D eigenvalue weighted by Crippen LogP contribution is 2.21. The van der Waals surface area contributed by atoms with Crippen LogP contribution in [0.5, 0.6) is 0 Å². The Morgan fingerprint density at radius 2 is 1.79 bits per heavy atom. The van der Waals surface area contributed by atoms with Crippen molar-refractivity contribution >= 4 is 40.7 Å². The van der Waals surface area contributed by atoms with Crippen LogP contribution in [0.4, 0.5) is 11.4 Å². The Hall–Kier alpha value is -3.10. The van der Waals surface area contributed by atoms with Gasteiger partial charge in [-0.2, -0.15) is 0 Å². The molecule has 0 radical (unpaired) electrons. The number of aryl methyl sites for hydroxylation is 1. The Morgan fingerprint density at radius 1 is 1.06 bits per heavy atom. The lowest BCUT2D eigenvalue weighted by molar-refractivity contribution is -0.145. The van der Waals surface area contributed by atoms with E-state index in [-0.39, 0.29) is 30.7 Å². The Kier molecular flexibility index (Phi) is 7.70. The number of hydrogen-bond acceptors (Lipinski definition) is 5. The lowest BCUT2D eigenvalue weighted by atomic mass is 10.1. The highest BCUT2D eigenvalue weighted by atomic mass is 35.5. The van der Waals surface area contributed by atoms with E-state index >= 15 is 0 Å². The molecule has 2 aliphatic rings. The zero-order valence-electron chi connectivity index (χ0n) is 19.3. The van der Waals surface area contributed by atoms with E-state index in [1.807, 2.05) is 31.2 Å². The van der Waals surface area contributed by atoms with E-state index in [0.29, 0.717) is 23.8 Å². The number of nitrogens with zero attached hydrogens (tertiary/aromatic N) is 3. The van der Waals surface area contributed by atoms with Crippen molar-refractivity contribution in [3.8, 4) is 0 Å². The quantitative estimate of drug-likeness (QED) is 0.657. The molecule has 2 heterocycles. The minimum Gasteiger partial charge on any atom is -0.369 e. The predicted molar refractivity (Wildman–Crippen MR) is 133 cm³/mol. The molecule has 8 nitrogen and oxygen atoms in total. The second kappa shape index (κ2) is 10.9. The van der Waals surface area contributed by atoms with Crippen LogP contribution in [-0.4, -0.2) is 79.4 Å². The van der Waals surface area contributed by atoms with Crippen LogP contribution in [0.2, 0.25) is 5.02 Å². The number of anilines is 2. The first-order valence-corrected chi connectivity index (χ1v) is 11.9. The monoisotopic (exact) mass is 483 g/mol. The minimum atomic E-state index is -0.826. The van der Waals surface area contributed by atoms with Gasteiger partial charge in [-0.3, -0.25) is 19.3 Å². The number of amides is 3. The van der Waals surface area contributed by atoms with Gasteiger partial charge in [-0.25, -0.2) is 0 Å². The molecule has 34 heavy (non-hydrogen) atoms. The number of benzene rings is 2. The second-order valence-corrected chi connectivity index (χ2v) is 9.12. The Bertz CT molecular complexity index is 1040. The van der Waals surface area contributed by atoms with E-state index < -0.39 is 6.04 Å². The first-order valence-electron chi connectivity index (χ1n) is 11.6. The molecule has 180 valence electrons. The summed E-state index contributed by atoms with van der Waals surface area (Å²) in [6.45, 7) is 6.10. The van der Waals surface area contributed by atoms with Crippen molar-refractivity contribution in [3.63, 3.8) is 0 Å². The number of piperazine rings is 2. The number of para-hydroxylation sites is 1. The average molecular weight is 484 g/mol. The van der Waals surface area contributed by atoms with Crippen LogP contribution in [0.25, 0.3) is 0 Å². The van der Waals surface area contributed by atoms with E-state index in [0.717, 1.165) is 31.7 Å². The fraction of sp³-hybridized carbons (Fsp3) is 0.400. The molecule has 2 saturated heterocycles. The van der Waals surface area contributed by atoms with Gasteiger partial charge in [0.1, 0.15) is 6.04 Å². The van der Waals surface area contributed by atoms with Gasteiger partial charge in [-0.1, -0.05) is 35.9 Å². The summed E-state index contributed by atoms with van der Waals surface area (Å²) in [6.07, 6.45) is -0.106. The molecule has 0 bridgehead atoms. The molecule has 2 aromatic rings. The zero-order chi connectivity index (χ0) is 24.1. The highest BCUT2D eigenvalue weighted by molar-refractivity contribution is 6.31. The number of carbonyl (C=O) groups is 3. The van der Waals surface area contributed by atoms with Crippen LogP contribution in [0.15, 0.2) is 48.5 Å². The summed E-state index contributed by atoms with van der Waals surface area (Å²) >= 11 is 6.14. The lowest BCUT2D eigenvalue weighted by Crippen LogP contribution is -2.60. The summed E-state index contributed by atoms with van der Waals surface area (Å²) in [4.78, 5) is 44.3. The van der Waals surface area contributed by atoms with Gasteiger partial charge in [0.2, 0.25) is 17.7 Å². The summed E-state index contributed by atoms with van der Waals surface area (Å²) in [7, 11) is 0. The van der Waals surface area contributed by atoms with Crippen molar-refractivity contribution in [1.29, 1.82) is 0 Å². The fourth-order valence-electron chi connectivity index (χ4n) is 4.36. The number of nitrogens with one attached hydrogen (secondary N) is 2. The van der Waals surface area contributed by atoms with Crippen LogP contribution in [0.1, 0.15) is 12.0 Å². The van der Waals surface area contributed by atoms with Crippen molar-refractivity contribution in [2.45, 2.75) is 19.4 Å². The van der Waals surface area contributed by atoms with Gasteiger partial charge in [0.15, 0.2) is 0 Å². The van der Waals surface area contributed by atoms with Gasteiger partial charge in [-0.15, -0.1) is 0 Å². The summed E-state index contributed by atoms with van der Waals surface area (Å²) in [6, 6.07) is 14.7. The maximum Gasteiger partial charge on any atom is 0.243 e. The standard InChI is InChI=1S/C25H30ClN5O3/c1-18-7-8-19(15-21(18)26)28-23(32)16-22-25(34)27-9-10-31(22)24(33)17-29-11-13-30(14-12-29)20-5-3-2-4-6-20/h2-8,15,22H,9-14,16-17H2,1H3,(H,27,34)(H,28,32). The molecule has 2 fully saturated rings. The molecule has 4 rings (SSSR count). The molecule has 2 N–H and O–H groups in total. The maximum atomic E-state index is 13.1. The first kappa shape index (κ1) is 24.0. The van der Waals surface area contributed by atoms with Crippen LogP contribution < -0.4 is 15.5 Å². The van der Waals surface area contributed by atoms with Crippen LogP contribution in [0.3, 0.4) is 0 Å². The molecule has 9 heteroatoms. The molecule has 1 atom stereocenters. The first-order chi connectivity index (χ1) is 16.4. The van der Waals surface area contributed by atoms with E-state index in [4.69, 9.17) is 11.6 Å². The highest BCUT2D eigenvalue weighted by Gasteiger charge is 2.35. The Morgan fingerprint density at radius 3 is 2.50 bits per heavy atom. The zero-order valence-corrected chi connectivity index (χ0v) is 20.1. The van der Waals surface area contributed by atoms with Crippen LogP contribution in [0, 0.1) is 6.92 Å². The van der Waals surface area contributed by atoms with Gasteiger partial charge in [0.05, 0.1) is 13.0 Å². The van der Waals surface area contributed by atoms with Gasteiger partial charge in [0, 0.05) is 55.7 Å². The second-order valence-electron chi connectivity index (χ2n) is 8.71. The number of carbonyl (C=O) groups excluding carboxylic acids is 3. The third-order valence-electron chi connectivity index (χ3n) is 6.34. The number of halogens is 1. The van der Waals surface area contributed by atoms with Crippen molar-refractivity contribution in [3.05, 3.63) is 59.1 Å². The molecular weight excluding hydrogens is 454 g/mol. The fourth-order valence-corrected chi connectivity index (χ4v) is 4.54. The van der Waals surface area contributed by atoms with E-state index in [2.05, 4.69) is 32.6 Å². The molecule has 3 amide bonds. The predicted octanol–water partition coefficient (Wildman–Crippen LogP) is 2.13. The summed E-state index contributed by atoms with van der Waals surface area (Å²) in [5.41, 5.74) is 2.65. The SMILES string of the molecule is Cc1ccc(NC(=O)CC2C(=O)NCCN2C(=O)CN2CCN(c3ccccc3)CC2)cc1Cl. The molecule has 0 saturated carbocycles. The Balaban J connectivity index is 1.33. The number of hydrogen-bond donors (Lipinski definition) is 2. The van der Waals surface area contributed by atoms with Gasteiger partial charge in [0.25, 0.3) is 0 Å². The van der Waals surface area contributed by atoms with E-state index in [1.165, 1.54) is 5.69 Å². The van der Waals surface area contributed by atoms with E-state index in [1.54, 1.807) is 17.0 Å². The summed E-state index contributed by atoms with van der Waals surface area (Å²) in [5, 5.41) is 6.11. The third kappa shape index (κ3) is 5.87. The Labute approximate surface area is 204 Å². The van der Waals surface area contributed by atoms with Crippen LogP contribution >= 0.6 is 11.6 Å².